The van der Waals surface area contributed by atoms with Gasteiger partial charge >= 0.3 is 0 Å². The maximum Gasteiger partial charge on any atom is 0.130 e. The van der Waals surface area contributed by atoms with Crippen LogP contribution in [-0.4, -0.2) is 10.8 Å². The van der Waals surface area contributed by atoms with Gasteiger partial charge in [-0.3, -0.25) is 4.98 Å². The van der Waals surface area contributed by atoms with Gasteiger partial charge in [-0.15, -0.1) is 0 Å². The smallest absolute Gasteiger partial charge is 0.130 e. The first-order valence-electron chi connectivity index (χ1n) is 4.08. The summed E-state index contributed by atoms with van der Waals surface area (Å²) in [5, 5.41) is 0. The Kier molecular flexibility index (Phi) is 2.97. The summed E-state index contributed by atoms with van der Waals surface area (Å²) >= 11 is 0. The summed E-state index contributed by atoms with van der Waals surface area (Å²) in [5.74, 6) is 0.233. The van der Waals surface area contributed by atoms with Crippen molar-refractivity contribution in [3.05, 3.63) is 29.6 Å². The quantitative estimate of drug-likeness (QED) is 0.681. The zero-order valence-electron chi connectivity index (χ0n) is 7.50. The van der Waals surface area contributed by atoms with Crippen LogP contribution in [0.15, 0.2) is 18.5 Å². The van der Waals surface area contributed by atoms with Gasteiger partial charge in [0.2, 0.25) is 0 Å². The lowest BCUT2D eigenvalue weighted by atomic mass is 10.1. The van der Waals surface area contributed by atoms with E-state index in [4.69, 9.17) is 0 Å². The molecule has 0 aliphatic rings. The highest BCUT2D eigenvalue weighted by molar-refractivity contribution is 5.75. The van der Waals surface area contributed by atoms with Gasteiger partial charge < -0.3 is 4.79 Å². The number of aryl methyl sites for hydroxylation is 2. The van der Waals surface area contributed by atoms with Crippen molar-refractivity contribution in [3.8, 4) is 0 Å². The molecule has 1 rings (SSSR count). The highest BCUT2D eigenvalue weighted by Crippen LogP contribution is 2.04. The van der Waals surface area contributed by atoms with Crippen LogP contribution in [0.5, 0.6) is 0 Å². The fourth-order valence-electron chi connectivity index (χ4n) is 1.07. The summed E-state index contributed by atoms with van der Waals surface area (Å²) in [6, 6.07) is 2.07. The number of hydrogen-bond donors (Lipinski definition) is 0. The maximum atomic E-state index is 10.7. The molecule has 1 aromatic heterocycles. The molecule has 0 unspecified atom stereocenters. The Morgan fingerprint density at radius 3 is 2.83 bits per heavy atom. The number of nitrogens with zero attached hydrogens (tertiary/aromatic N) is 1. The first-order chi connectivity index (χ1) is 5.68. The molecule has 0 fully saturated rings. The minimum absolute atomic E-state index is 0.233. The zero-order chi connectivity index (χ0) is 8.97. The summed E-state index contributed by atoms with van der Waals surface area (Å²) in [4.78, 5) is 14.7. The fraction of sp³-hybridized carbons (Fsp3) is 0.400. The monoisotopic (exact) mass is 163 g/mol. The third-order valence-electron chi connectivity index (χ3n) is 1.70. The molecule has 0 aliphatic carbocycles. The van der Waals surface area contributed by atoms with Crippen molar-refractivity contribution in [2.75, 3.05) is 0 Å². The Balaban J connectivity index is 2.57. The van der Waals surface area contributed by atoms with E-state index in [1.165, 1.54) is 0 Å². The molecule has 0 aromatic carbocycles. The molecule has 0 spiro atoms. The molecule has 0 aliphatic heterocycles. The first kappa shape index (κ1) is 8.91. The van der Waals surface area contributed by atoms with Crippen LogP contribution in [0.4, 0.5) is 0 Å². The van der Waals surface area contributed by atoms with E-state index in [2.05, 4.69) is 11.1 Å². The Morgan fingerprint density at radius 1 is 1.50 bits per heavy atom. The van der Waals surface area contributed by atoms with Crippen molar-refractivity contribution < 1.29 is 4.79 Å². The van der Waals surface area contributed by atoms with Crippen molar-refractivity contribution in [2.45, 2.75) is 26.7 Å². The van der Waals surface area contributed by atoms with Crippen molar-refractivity contribution in [2.24, 2.45) is 0 Å². The number of pyridine rings is 1. The first-order valence-corrected chi connectivity index (χ1v) is 4.08. The number of carbonyl (C=O) groups excluding carboxylic acids is 1. The molecule has 0 N–H and O–H groups in total. The third kappa shape index (κ3) is 2.82. The van der Waals surface area contributed by atoms with E-state index >= 15 is 0 Å². The summed E-state index contributed by atoms with van der Waals surface area (Å²) in [6.07, 6.45) is 5.06. The normalized spacial score (nSPS) is 9.83. The van der Waals surface area contributed by atoms with E-state index < -0.39 is 0 Å². The molecule has 0 saturated heterocycles. The third-order valence-corrected chi connectivity index (χ3v) is 1.70. The van der Waals surface area contributed by atoms with Gasteiger partial charge in [-0.25, -0.2) is 0 Å². The molecule has 1 heterocycles. The SMILES string of the molecule is CC(=O)CCc1cncc(C)c1. The number of ketones is 1. The largest absolute Gasteiger partial charge is 0.300 e. The van der Waals surface area contributed by atoms with Crippen molar-refractivity contribution in [1.29, 1.82) is 0 Å². The van der Waals surface area contributed by atoms with Crippen molar-refractivity contribution in [3.63, 3.8) is 0 Å². The predicted molar refractivity (Wildman–Crippen MR) is 48.0 cm³/mol. The summed E-state index contributed by atoms with van der Waals surface area (Å²) < 4.78 is 0. The zero-order valence-corrected chi connectivity index (χ0v) is 7.50. The molecule has 2 heteroatoms. The van der Waals surface area contributed by atoms with Crippen molar-refractivity contribution in [1.82, 2.24) is 4.98 Å². The summed E-state index contributed by atoms with van der Waals surface area (Å²) in [5.41, 5.74) is 2.29. The number of Topliss-reactive ketones (excluding diaryl/α,β-unsaturated/α-hetero) is 1. The maximum absolute atomic E-state index is 10.7. The van der Waals surface area contributed by atoms with Crippen LogP contribution in [0.2, 0.25) is 0 Å². The van der Waals surface area contributed by atoms with Crippen LogP contribution >= 0.6 is 0 Å². The van der Waals surface area contributed by atoms with Gasteiger partial charge in [0.25, 0.3) is 0 Å². The van der Waals surface area contributed by atoms with E-state index in [0.717, 1.165) is 17.5 Å². The molecular formula is C10H13NO. The molecule has 0 bridgehead atoms. The Hall–Kier alpha value is -1.18. The molecule has 2 nitrogen and oxygen atoms in total. The van der Waals surface area contributed by atoms with Gasteiger partial charge in [-0.2, -0.15) is 0 Å². The average molecular weight is 163 g/mol. The van der Waals surface area contributed by atoms with Crippen LogP contribution < -0.4 is 0 Å². The van der Waals surface area contributed by atoms with E-state index in [1.807, 2.05) is 19.3 Å². The van der Waals surface area contributed by atoms with Crippen molar-refractivity contribution >= 4 is 5.78 Å². The molecular weight excluding hydrogens is 150 g/mol. The molecule has 0 radical (unpaired) electrons. The Morgan fingerprint density at radius 2 is 2.25 bits per heavy atom. The van der Waals surface area contributed by atoms with Gasteiger partial charge in [-0.05, 0) is 31.4 Å². The van der Waals surface area contributed by atoms with Crippen LogP contribution in [0, 0.1) is 6.92 Å². The molecule has 1 aromatic rings. The van der Waals surface area contributed by atoms with E-state index in [9.17, 15) is 4.79 Å². The lowest BCUT2D eigenvalue weighted by molar-refractivity contribution is -0.116. The lowest BCUT2D eigenvalue weighted by Crippen LogP contribution is -1.94. The van der Waals surface area contributed by atoms with Gasteiger partial charge in [0.05, 0.1) is 0 Å². The number of hydrogen-bond acceptors (Lipinski definition) is 2. The van der Waals surface area contributed by atoms with Crippen LogP contribution in [0.3, 0.4) is 0 Å². The predicted octanol–water partition coefficient (Wildman–Crippen LogP) is 1.91. The van der Waals surface area contributed by atoms with Crippen LogP contribution in [0.1, 0.15) is 24.5 Å². The highest BCUT2D eigenvalue weighted by Gasteiger charge is 1.96. The van der Waals surface area contributed by atoms with E-state index in [0.29, 0.717) is 6.42 Å². The molecule has 12 heavy (non-hydrogen) atoms. The Labute approximate surface area is 72.6 Å². The topological polar surface area (TPSA) is 30.0 Å². The second kappa shape index (κ2) is 4.00. The van der Waals surface area contributed by atoms with E-state index in [-0.39, 0.29) is 5.78 Å². The lowest BCUT2D eigenvalue weighted by Gasteiger charge is -1.98. The summed E-state index contributed by atoms with van der Waals surface area (Å²) in [7, 11) is 0. The van der Waals surface area contributed by atoms with Gasteiger partial charge in [0.1, 0.15) is 5.78 Å². The number of rotatable bonds is 3. The van der Waals surface area contributed by atoms with Gasteiger partial charge in [-0.1, -0.05) is 6.07 Å². The highest BCUT2D eigenvalue weighted by atomic mass is 16.1. The number of aromatic nitrogens is 1. The van der Waals surface area contributed by atoms with E-state index in [1.54, 1.807) is 6.92 Å². The average Bonchev–Trinajstić information content (AvgIpc) is 2.01. The fourth-order valence-corrected chi connectivity index (χ4v) is 1.07. The second-order valence-electron chi connectivity index (χ2n) is 3.07. The van der Waals surface area contributed by atoms with Gasteiger partial charge in [0, 0.05) is 18.8 Å². The summed E-state index contributed by atoms with van der Waals surface area (Å²) in [6.45, 7) is 3.62. The molecule has 0 saturated carbocycles. The molecule has 0 amide bonds. The van der Waals surface area contributed by atoms with Crippen LogP contribution in [-0.2, 0) is 11.2 Å². The number of carbonyl (C=O) groups is 1. The second-order valence-corrected chi connectivity index (χ2v) is 3.07. The molecule has 64 valence electrons. The minimum atomic E-state index is 0.233. The van der Waals surface area contributed by atoms with Crippen LogP contribution in [0.25, 0.3) is 0 Å². The standard InChI is InChI=1S/C10H13NO/c1-8-5-10(7-11-6-8)4-3-9(2)12/h5-7H,3-4H2,1-2H3. The minimum Gasteiger partial charge on any atom is -0.300 e. The molecule has 0 atom stereocenters. The Bertz CT molecular complexity index is 281. The van der Waals surface area contributed by atoms with Gasteiger partial charge in [0.15, 0.2) is 0 Å².